The first-order chi connectivity index (χ1) is 18.3. The highest BCUT2D eigenvalue weighted by Crippen LogP contribution is 2.60. The van der Waals surface area contributed by atoms with E-state index >= 15 is 0 Å². The molecule has 7 rings (SSSR count). The van der Waals surface area contributed by atoms with Gasteiger partial charge in [-0.2, -0.15) is 10.2 Å². The smallest absolute Gasteiger partial charge is 0.224 e. The zero-order valence-corrected chi connectivity index (χ0v) is 23.1. The van der Waals surface area contributed by atoms with Crippen molar-refractivity contribution in [3.8, 4) is 6.07 Å². The van der Waals surface area contributed by atoms with Gasteiger partial charge in [0.15, 0.2) is 0 Å². The highest BCUT2D eigenvalue weighted by Gasteiger charge is 2.55. The van der Waals surface area contributed by atoms with Crippen LogP contribution in [0.4, 0.5) is 11.8 Å². The van der Waals surface area contributed by atoms with E-state index in [1.54, 1.807) is 6.20 Å². The Hall–Kier alpha value is -2.40. The molecule has 1 aromatic heterocycles. The highest BCUT2D eigenvalue weighted by atomic mass is 35.5. The summed E-state index contributed by atoms with van der Waals surface area (Å²) in [7, 11) is 0. The van der Waals surface area contributed by atoms with E-state index in [-0.39, 0.29) is 5.54 Å². The fraction of sp³-hybridized carbons (Fsp3) is 0.633. The lowest BCUT2D eigenvalue weighted by molar-refractivity contribution is -0.0732. The first kappa shape index (κ1) is 25.9. The molecule has 4 bridgehead atoms. The standard InChI is InChI=1S/C30H40ClN7/c1-29(33)8-6-24(7-9-29)37-26-21-10-19-11-22(26)14-30(12-19,13-21)18-36-27-23(15-32)17-35-28(38-27)34-16-20-4-2-3-5-25(20)31/h2-5,17,19,21-22,24,26,37H,6-14,16,18,33H2,1H3,(H2,34,35,36,38)/t19?,21-,22+,24?,26-,29?,30-. The third kappa shape index (κ3) is 5.36. The number of nitrogens with one attached hydrogen (secondary N) is 3. The van der Waals surface area contributed by atoms with Crippen LogP contribution in [0.25, 0.3) is 0 Å². The van der Waals surface area contributed by atoms with Crippen LogP contribution in [0.15, 0.2) is 30.5 Å². The van der Waals surface area contributed by atoms with Crippen LogP contribution in [0.2, 0.25) is 5.02 Å². The maximum absolute atomic E-state index is 9.71. The number of rotatable bonds is 8. The van der Waals surface area contributed by atoms with Crippen LogP contribution in [0.1, 0.15) is 75.8 Å². The van der Waals surface area contributed by atoms with E-state index < -0.39 is 0 Å². The Balaban J connectivity index is 1.10. The van der Waals surface area contributed by atoms with Crippen molar-refractivity contribution in [1.29, 1.82) is 5.26 Å². The van der Waals surface area contributed by atoms with Crippen LogP contribution in [-0.2, 0) is 6.54 Å². The number of nitrogens with zero attached hydrogens (tertiary/aromatic N) is 3. The van der Waals surface area contributed by atoms with Crippen molar-refractivity contribution in [3.05, 3.63) is 46.6 Å². The summed E-state index contributed by atoms with van der Waals surface area (Å²) in [6.45, 7) is 3.60. The normalized spacial score (nSPS) is 35.6. The molecular formula is C30H40ClN7. The molecular weight excluding hydrogens is 494 g/mol. The molecule has 0 spiro atoms. The van der Waals surface area contributed by atoms with Crippen molar-refractivity contribution in [2.45, 2.75) is 88.9 Å². The third-order valence-corrected chi connectivity index (χ3v) is 10.3. The van der Waals surface area contributed by atoms with Gasteiger partial charge in [0.05, 0.1) is 6.20 Å². The minimum atomic E-state index is 0.0191. The van der Waals surface area contributed by atoms with Crippen LogP contribution in [0, 0.1) is 34.5 Å². The van der Waals surface area contributed by atoms with Crippen LogP contribution in [0.5, 0.6) is 0 Å². The van der Waals surface area contributed by atoms with E-state index in [1.807, 2.05) is 24.3 Å². The molecule has 38 heavy (non-hydrogen) atoms. The molecule has 8 heteroatoms. The van der Waals surface area contributed by atoms with Gasteiger partial charge in [0.1, 0.15) is 17.5 Å². The van der Waals surface area contributed by atoms with Crippen LogP contribution < -0.4 is 21.7 Å². The molecule has 1 aromatic carbocycles. The van der Waals surface area contributed by atoms with Gasteiger partial charge in [-0.25, -0.2) is 4.98 Å². The van der Waals surface area contributed by atoms with Crippen LogP contribution >= 0.6 is 11.6 Å². The summed E-state index contributed by atoms with van der Waals surface area (Å²) in [4.78, 5) is 9.05. The van der Waals surface area contributed by atoms with Crippen molar-refractivity contribution in [3.63, 3.8) is 0 Å². The predicted molar refractivity (Wildman–Crippen MR) is 152 cm³/mol. The second-order valence-corrected chi connectivity index (χ2v) is 13.4. The maximum atomic E-state index is 9.71. The topological polar surface area (TPSA) is 112 Å². The molecule has 5 N–H and O–H groups in total. The van der Waals surface area contributed by atoms with Gasteiger partial charge in [0.25, 0.3) is 0 Å². The molecule has 1 unspecified atom stereocenters. The molecule has 5 saturated carbocycles. The monoisotopic (exact) mass is 533 g/mol. The SMILES string of the molecule is CC1(N)CCC(N[C@@H]2[C@@H]3CC4C[C@H]2C[C@@](CNc2nc(NCc5ccccc5Cl)ncc2C#N)(C4)C3)CC1. The molecule has 1 heterocycles. The van der Waals surface area contributed by atoms with E-state index in [1.165, 1.54) is 44.9 Å². The second-order valence-electron chi connectivity index (χ2n) is 13.0. The van der Waals surface area contributed by atoms with E-state index in [0.29, 0.717) is 46.4 Å². The Labute approximate surface area is 231 Å². The number of anilines is 2. The van der Waals surface area contributed by atoms with Crippen molar-refractivity contribution in [2.75, 3.05) is 17.2 Å². The Morgan fingerprint density at radius 2 is 1.84 bits per heavy atom. The number of hydrogen-bond donors (Lipinski definition) is 4. The first-order valence-corrected chi connectivity index (χ1v) is 14.7. The quantitative estimate of drug-likeness (QED) is 0.356. The number of nitrogens with two attached hydrogens (primary N) is 1. The minimum absolute atomic E-state index is 0.0191. The largest absolute Gasteiger partial charge is 0.368 e. The van der Waals surface area contributed by atoms with Gasteiger partial charge in [-0.15, -0.1) is 0 Å². The fourth-order valence-electron chi connectivity index (χ4n) is 8.17. The average Bonchev–Trinajstić information content (AvgIpc) is 2.90. The molecule has 2 aromatic rings. The zero-order valence-electron chi connectivity index (χ0n) is 22.3. The lowest BCUT2D eigenvalue weighted by atomic mass is 9.47. The Bertz CT molecular complexity index is 1180. The summed E-state index contributed by atoms with van der Waals surface area (Å²) >= 11 is 6.30. The highest BCUT2D eigenvalue weighted by molar-refractivity contribution is 6.31. The molecule has 5 aliphatic rings. The van der Waals surface area contributed by atoms with Gasteiger partial charge in [0, 0.05) is 35.7 Å². The number of benzene rings is 1. The van der Waals surface area contributed by atoms with Crippen LogP contribution in [-0.4, -0.2) is 34.1 Å². The van der Waals surface area contributed by atoms with Crippen molar-refractivity contribution in [1.82, 2.24) is 15.3 Å². The molecule has 5 aliphatic carbocycles. The van der Waals surface area contributed by atoms with Crippen LogP contribution in [0.3, 0.4) is 0 Å². The predicted octanol–water partition coefficient (Wildman–Crippen LogP) is 5.47. The van der Waals surface area contributed by atoms with E-state index in [4.69, 9.17) is 17.3 Å². The summed E-state index contributed by atoms with van der Waals surface area (Å²) in [6.07, 6.45) is 12.8. The van der Waals surface area contributed by atoms with Crippen molar-refractivity contribution >= 4 is 23.4 Å². The Morgan fingerprint density at radius 3 is 2.55 bits per heavy atom. The number of aromatic nitrogens is 2. The number of halogens is 1. The van der Waals surface area contributed by atoms with Gasteiger partial charge in [0.2, 0.25) is 5.95 Å². The van der Waals surface area contributed by atoms with Gasteiger partial charge in [-0.3, -0.25) is 0 Å². The summed E-state index contributed by atoms with van der Waals surface area (Å²) in [5, 5.41) is 21.4. The second kappa shape index (κ2) is 10.3. The summed E-state index contributed by atoms with van der Waals surface area (Å²) < 4.78 is 0. The van der Waals surface area contributed by atoms with Crippen molar-refractivity contribution in [2.24, 2.45) is 28.9 Å². The Kier molecular flexibility index (Phi) is 7.00. The van der Waals surface area contributed by atoms with Crippen molar-refractivity contribution < 1.29 is 0 Å². The lowest BCUT2D eigenvalue weighted by Gasteiger charge is -2.61. The summed E-state index contributed by atoms with van der Waals surface area (Å²) in [5.74, 6) is 3.47. The molecule has 5 atom stereocenters. The van der Waals surface area contributed by atoms with Gasteiger partial charge < -0.3 is 21.7 Å². The minimum Gasteiger partial charge on any atom is -0.368 e. The molecule has 0 radical (unpaired) electrons. The summed E-state index contributed by atoms with van der Waals surface area (Å²) in [5.41, 5.74) is 8.18. The lowest BCUT2D eigenvalue weighted by Crippen LogP contribution is -2.61. The molecule has 5 fully saturated rings. The van der Waals surface area contributed by atoms with Gasteiger partial charge in [-0.1, -0.05) is 29.8 Å². The third-order valence-electron chi connectivity index (χ3n) is 9.89. The zero-order chi connectivity index (χ0) is 26.3. The van der Waals surface area contributed by atoms with E-state index in [0.717, 1.165) is 42.7 Å². The fourth-order valence-corrected chi connectivity index (χ4v) is 8.37. The molecule has 0 amide bonds. The molecule has 0 saturated heterocycles. The number of nitriles is 1. The number of hydrogen-bond acceptors (Lipinski definition) is 7. The maximum Gasteiger partial charge on any atom is 0.224 e. The van der Waals surface area contributed by atoms with Gasteiger partial charge >= 0.3 is 0 Å². The summed E-state index contributed by atoms with van der Waals surface area (Å²) in [6, 6.07) is 11.3. The first-order valence-electron chi connectivity index (χ1n) is 14.3. The Morgan fingerprint density at radius 1 is 1.11 bits per heavy atom. The average molecular weight is 534 g/mol. The molecule has 7 nitrogen and oxygen atoms in total. The van der Waals surface area contributed by atoms with E-state index in [2.05, 4.69) is 38.9 Å². The molecule has 202 valence electrons. The van der Waals surface area contributed by atoms with Gasteiger partial charge in [-0.05, 0) is 99.5 Å². The molecule has 0 aliphatic heterocycles. The van der Waals surface area contributed by atoms with E-state index in [9.17, 15) is 5.26 Å².